The van der Waals surface area contributed by atoms with Crippen LogP contribution >= 0.6 is 23.1 Å². The molecular formula is C15H16ClN3O2S. The maximum Gasteiger partial charge on any atom is 0.256 e. The first-order valence-corrected chi connectivity index (χ1v) is 7.99. The number of anilines is 1. The van der Waals surface area contributed by atoms with Crippen molar-refractivity contribution in [3.8, 4) is 0 Å². The standard InChI is InChI=1S/C15H16ClN3O2S/c1-3-8-17-14(21)12-9(2)19-22-15(12)18-13(20)10-4-6-11(16)7-5-10/h4-7H,3,8H2,1-2H3,(H,17,21)(H,18,20). The molecule has 2 amide bonds. The molecule has 22 heavy (non-hydrogen) atoms. The van der Waals surface area contributed by atoms with Crippen molar-refractivity contribution in [1.82, 2.24) is 9.69 Å². The van der Waals surface area contributed by atoms with E-state index in [2.05, 4.69) is 15.0 Å². The molecule has 0 atom stereocenters. The molecule has 0 aliphatic rings. The van der Waals surface area contributed by atoms with E-state index < -0.39 is 0 Å². The minimum atomic E-state index is -0.301. The minimum absolute atomic E-state index is 0.223. The second-order valence-electron chi connectivity index (χ2n) is 4.69. The van der Waals surface area contributed by atoms with Gasteiger partial charge in [0, 0.05) is 17.1 Å². The van der Waals surface area contributed by atoms with Gasteiger partial charge in [-0.05, 0) is 49.1 Å². The maximum absolute atomic E-state index is 12.2. The van der Waals surface area contributed by atoms with E-state index in [0.29, 0.717) is 33.4 Å². The Bertz CT molecular complexity index is 683. The van der Waals surface area contributed by atoms with Crippen LogP contribution in [0.2, 0.25) is 5.02 Å². The number of carbonyl (C=O) groups is 2. The molecule has 1 heterocycles. The van der Waals surface area contributed by atoms with Gasteiger partial charge >= 0.3 is 0 Å². The Kier molecular flexibility index (Phi) is 5.51. The molecule has 7 heteroatoms. The van der Waals surface area contributed by atoms with Crippen LogP contribution in [0, 0.1) is 6.92 Å². The lowest BCUT2D eigenvalue weighted by Crippen LogP contribution is -2.25. The zero-order valence-electron chi connectivity index (χ0n) is 12.3. The lowest BCUT2D eigenvalue weighted by Gasteiger charge is -2.07. The van der Waals surface area contributed by atoms with Gasteiger partial charge in [0.25, 0.3) is 11.8 Å². The van der Waals surface area contributed by atoms with Gasteiger partial charge in [-0.3, -0.25) is 9.59 Å². The molecule has 0 saturated carbocycles. The second kappa shape index (κ2) is 7.38. The molecule has 0 fully saturated rings. The summed E-state index contributed by atoms with van der Waals surface area (Å²) < 4.78 is 4.15. The number of hydrogen-bond acceptors (Lipinski definition) is 4. The Morgan fingerprint density at radius 2 is 1.91 bits per heavy atom. The van der Waals surface area contributed by atoms with Crippen LogP contribution in [-0.2, 0) is 0 Å². The first kappa shape index (κ1) is 16.5. The fraction of sp³-hybridized carbons (Fsp3) is 0.267. The first-order valence-electron chi connectivity index (χ1n) is 6.84. The van der Waals surface area contributed by atoms with Crippen LogP contribution < -0.4 is 10.6 Å². The number of aromatic nitrogens is 1. The number of benzene rings is 1. The summed E-state index contributed by atoms with van der Waals surface area (Å²) in [4.78, 5) is 24.4. The van der Waals surface area contributed by atoms with Crippen LogP contribution in [-0.4, -0.2) is 22.7 Å². The van der Waals surface area contributed by atoms with Gasteiger partial charge in [-0.15, -0.1) is 0 Å². The summed E-state index contributed by atoms with van der Waals surface area (Å²) in [6.45, 7) is 4.30. The monoisotopic (exact) mass is 337 g/mol. The molecule has 5 nitrogen and oxygen atoms in total. The van der Waals surface area contributed by atoms with E-state index in [9.17, 15) is 9.59 Å². The number of nitrogens with zero attached hydrogens (tertiary/aromatic N) is 1. The van der Waals surface area contributed by atoms with E-state index in [1.807, 2.05) is 6.92 Å². The van der Waals surface area contributed by atoms with E-state index in [4.69, 9.17) is 11.6 Å². The van der Waals surface area contributed by atoms with E-state index in [1.54, 1.807) is 31.2 Å². The number of halogens is 1. The van der Waals surface area contributed by atoms with Crippen LogP contribution in [0.4, 0.5) is 5.00 Å². The summed E-state index contributed by atoms with van der Waals surface area (Å²) >= 11 is 6.90. The van der Waals surface area contributed by atoms with Crippen molar-refractivity contribution in [2.45, 2.75) is 20.3 Å². The molecular weight excluding hydrogens is 322 g/mol. The van der Waals surface area contributed by atoms with Crippen LogP contribution in [0.1, 0.15) is 39.8 Å². The lowest BCUT2D eigenvalue weighted by atomic mass is 10.2. The van der Waals surface area contributed by atoms with Crippen molar-refractivity contribution in [3.05, 3.63) is 46.1 Å². The largest absolute Gasteiger partial charge is 0.352 e. The zero-order valence-corrected chi connectivity index (χ0v) is 13.8. The number of rotatable bonds is 5. The van der Waals surface area contributed by atoms with Crippen molar-refractivity contribution in [3.63, 3.8) is 0 Å². The highest BCUT2D eigenvalue weighted by atomic mass is 35.5. The summed E-state index contributed by atoms with van der Waals surface area (Å²) in [6, 6.07) is 6.54. The first-order chi connectivity index (χ1) is 10.5. The quantitative estimate of drug-likeness (QED) is 0.877. The molecule has 0 radical (unpaired) electrons. The highest BCUT2D eigenvalue weighted by Gasteiger charge is 2.20. The van der Waals surface area contributed by atoms with Gasteiger partial charge in [0.2, 0.25) is 0 Å². The molecule has 1 aromatic carbocycles. The Morgan fingerprint density at radius 1 is 1.23 bits per heavy atom. The van der Waals surface area contributed by atoms with Crippen LogP contribution in [0.15, 0.2) is 24.3 Å². The van der Waals surface area contributed by atoms with Crippen molar-refractivity contribution in [1.29, 1.82) is 0 Å². The average molecular weight is 338 g/mol. The molecule has 0 spiro atoms. The van der Waals surface area contributed by atoms with Gasteiger partial charge < -0.3 is 10.6 Å². The summed E-state index contributed by atoms with van der Waals surface area (Å²) in [5.41, 5.74) is 1.49. The number of aryl methyl sites for hydroxylation is 1. The fourth-order valence-electron chi connectivity index (χ4n) is 1.83. The molecule has 0 bridgehead atoms. The van der Waals surface area contributed by atoms with Gasteiger partial charge in [0.15, 0.2) is 0 Å². The SMILES string of the molecule is CCCNC(=O)c1c(C)nsc1NC(=O)c1ccc(Cl)cc1. The highest BCUT2D eigenvalue weighted by molar-refractivity contribution is 7.11. The van der Waals surface area contributed by atoms with E-state index >= 15 is 0 Å². The van der Waals surface area contributed by atoms with Crippen LogP contribution in [0.5, 0.6) is 0 Å². The topological polar surface area (TPSA) is 71.1 Å². The molecule has 0 unspecified atom stereocenters. The molecule has 0 saturated heterocycles. The van der Waals surface area contributed by atoms with E-state index in [1.165, 1.54) is 0 Å². The Balaban J connectivity index is 2.17. The number of amides is 2. The average Bonchev–Trinajstić information content (AvgIpc) is 2.86. The number of hydrogen-bond donors (Lipinski definition) is 2. The molecule has 2 aromatic rings. The summed E-state index contributed by atoms with van der Waals surface area (Å²) in [6.07, 6.45) is 0.842. The number of carbonyl (C=O) groups excluding carboxylic acids is 2. The second-order valence-corrected chi connectivity index (χ2v) is 5.90. The lowest BCUT2D eigenvalue weighted by molar-refractivity contribution is 0.0954. The van der Waals surface area contributed by atoms with Gasteiger partial charge in [-0.1, -0.05) is 18.5 Å². The predicted octanol–water partition coefficient (Wildman–Crippen LogP) is 3.50. The van der Waals surface area contributed by atoms with Gasteiger partial charge in [-0.2, -0.15) is 4.37 Å². The van der Waals surface area contributed by atoms with Crippen LogP contribution in [0.25, 0.3) is 0 Å². The third-order valence-electron chi connectivity index (χ3n) is 2.96. The third kappa shape index (κ3) is 3.84. The summed E-state index contributed by atoms with van der Waals surface area (Å²) in [5.74, 6) is -0.524. The van der Waals surface area contributed by atoms with Gasteiger partial charge in [0.1, 0.15) is 5.00 Å². The Hall–Kier alpha value is -1.92. The maximum atomic E-state index is 12.2. The Morgan fingerprint density at radius 3 is 2.55 bits per heavy atom. The molecule has 2 N–H and O–H groups in total. The normalized spacial score (nSPS) is 10.3. The third-order valence-corrected chi connectivity index (χ3v) is 4.06. The predicted molar refractivity (Wildman–Crippen MR) is 88.9 cm³/mol. The van der Waals surface area contributed by atoms with Crippen LogP contribution in [0.3, 0.4) is 0 Å². The molecule has 1 aromatic heterocycles. The molecule has 0 aliphatic heterocycles. The zero-order chi connectivity index (χ0) is 16.1. The molecule has 0 aliphatic carbocycles. The molecule has 116 valence electrons. The van der Waals surface area contributed by atoms with E-state index in [0.717, 1.165) is 18.0 Å². The van der Waals surface area contributed by atoms with Gasteiger partial charge in [0.05, 0.1) is 11.3 Å². The smallest absolute Gasteiger partial charge is 0.256 e. The number of nitrogens with one attached hydrogen (secondary N) is 2. The Labute approximate surface area is 137 Å². The van der Waals surface area contributed by atoms with Crippen molar-refractivity contribution < 1.29 is 9.59 Å². The van der Waals surface area contributed by atoms with Crippen molar-refractivity contribution >= 4 is 39.9 Å². The summed E-state index contributed by atoms with van der Waals surface area (Å²) in [7, 11) is 0. The highest BCUT2D eigenvalue weighted by Crippen LogP contribution is 2.25. The van der Waals surface area contributed by atoms with Gasteiger partial charge in [-0.25, -0.2) is 0 Å². The summed E-state index contributed by atoms with van der Waals surface area (Å²) in [5, 5.41) is 6.54. The molecule has 2 rings (SSSR count). The van der Waals surface area contributed by atoms with E-state index in [-0.39, 0.29) is 11.8 Å². The van der Waals surface area contributed by atoms with Crippen molar-refractivity contribution in [2.24, 2.45) is 0 Å². The fourth-order valence-corrected chi connectivity index (χ4v) is 2.74. The van der Waals surface area contributed by atoms with Crippen molar-refractivity contribution in [2.75, 3.05) is 11.9 Å². The minimum Gasteiger partial charge on any atom is -0.352 e.